The van der Waals surface area contributed by atoms with Crippen molar-refractivity contribution in [3.8, 4) is 0 Å². The maximum atomic E-state index is 10.4. The van der Waals surface area contributed by atoms with Gasteiger partial charge >= 0.3 is 0 Å². The predicted octanol–water partition coefficient (Wildman–Crippen LogP) is 3.09. The van der Waals surface area contributed by atoms with Gasteiger partial charge in [-0.3, -0.25) is 4.79 Å². The number of aldehydes is 1. The zero-order valence-corrected chi connectivity index (χ0v) is 8.29. The molecule has 0 spiro atoms. The van der Waals surface area contributed by atoms with Gasteiger partial charge in [-0.2, -0.15) is 0 Å². The van der Waals surface area contributed by atoms with Crippen molar-refractivity contribution in [2.24, 2.45) is 5.92 Å². The molecule has 0 fully saturated rings. The van der Waals surface area contributed by atoms with Gasteiger partial charge in [0.15, 0.2) is 0 Å². The zero-order valence-electron chi connectivity index (χ0n) is 8.29. The largest absolute Gasteiger partial charge is 0.298 e. The van der Waals surface area contributed by atoms with Crippen molar-refractivity contribution in [1.29, 1.82) is 0 Å². The van der Waals surface area contributed by atoms with Crippen molar-refractivity contribution >= 4 is 6.29 Å². The Bertz CT molecular complexity index is 259. The third-order valence-electron chi connectivity index (χ3n) is 2.13. The van der Waals surface area contributed by atoms with Crippen LogP contribution in [-0.2, 0) is 6.42 Å². The van der Waals surface area contributed by atoms with E-state index < -0.39 is 0 Å². The Morgan fingerprint density at radius 3 is 2.31 bits per heavy atom. The number of carbonyl (C=O) groups is 1. The molecule has 0 N–H and O–H groups in total. The van der Waals surface area contributed by atoms with Gasteiger partial charge in [-0.1, -0.05) is 38.1 Å². The summed E-state index contributed by atoms with van der Waals surface area (Å²) in [7, 11) is 0. The SMILES string of the molecule is CC(C)CCc1ccc(C=O)cc1. The van der Waals surface area contributed by atoms with E-state index >= 15 is 0 Å². The van der Waals surface area contributed by atoms with Gasteiger partial charge in [-0.15, -0.1) is 0 Å². The number of hydrogen-bond acceptors (Lipinski definition) is 1. The van der Waals surface area contributed by atoms with E-state index in [-0.39, 0.29) is 0 Å². The van der Waals surface area contributed by atoms with Gasteiger partial charge in [0.2, 0.25) is 0 Å². The molecule has 0 unspecified atom stereocenters. The van der Waals surface area contributed by atoms with E-state index in [4.69, 9.17) is 0 Å². The Morgan fingerprint density at radius 1 is 1.23 bits per heavy atom. The molecule has 1 heteroatoms. The molecule has 1 aromatic carbocycles. The van der Waals surface area contributed by atoms with Crippen molar-refractivity contribution in [3.05, 3.63) is 35.4 Å². The summed E-state index contributed by atoms with van der Waals surface area (Å²) in [5.74, 6) is 0.741. The molecule has 13 heavy (non-hydrogen) atoms. The first kappa shape index (κ1) is 9.97. The lowest BCUT2D eigenvalue weighted by atomic mass is 10.0. The Balaban J connectivity index is 2.54. The molecule has 0 amide bonds. The van der Waals surface area contributed by atoms with Crippen molar-refractivity contribution < 1.29 is 4.79 Å². The lowest BCUT2D eigenvalue weighted by molar-refractivity contribution is 0.112. The first-order valence-electron chi connectivity index (χ1n) is 4.76. The maximum absolute atomic E-state index is 10.4. The summed E-state index contributed by atoms with van der Waals surface area (Å²) in [4.78, 5) is 10.4. The number of aryl methyl sites for hydroxylation is 1. The first-order valence-corrected chi connectivity index (χ1v) is 4.76. The molecule has 1 aromatic rings. The summed E-state index contributed by atoms with van der Waals surface area (Å²) < 4.78 is 0. The smallest absolute Gasteiger partial charge is 0.150 e. The molecule has 70 valence electrons. The Kier molecular flexibility index (Phi) is 3.69. The summed E-state index contributed by atoms with van der Waals surface area (Å²) in [5.41, 5.74) is 2.08. The number of hydrogen-bond donors (Lipinski definition) is 0. The van der Waals surface area contributed by atoms with Crippen molar-refractivity contribution in [2.45, 2.75) is 26.7 Å². The van der Waals surface area contributed by atoms with Gasteiger partial charge in [0.25, 0.3) is 0 Å². The minimum atomic E-state index is 0.741. The van der Waals surface area contributed by atoms with Crippen LogP contribution in [0.2, 0.25) is 0 Å². The predicted molar refractivity (Wildman–Crippen MR) is 55.0 cm³/mol. The average Bonchev–Trinajstić information content (AvgIpc) is 2.15. The highest BCUT2D eigenvalue weighted by atomic mass is 16.1. The average molecular weight is 176 g/mol. The number of rotatable bonds is 4. The van der Waals surface area contributed by atoms with Gasteiger partial charge in [0.1, 0.15) is 6.29 Å². The fourth-order valence-electron chi connectivity index (χ4n) is 1.22. The van der Waals surface area contributed by atoms with E-state index in [1.54, 1.807) is 0 Å². The fourth-order valence-corrected chi connectivity index (χ4v) is 1.22. The van der Waals surface area contributed by atoms with E-state index in [9.17, 15) is 4.79 Å². The normalized spacial score (nSPS) is 10.4. The lowest BCUT2D eigenvalue weighted by Gasteiger charge is -2.04. The molecule has 0 aliphatic heterocycles. The molecule has 0 aliphatic carbocycles. The van der Waals surface area contributed by atoms with Crippen LogP contribution < -0.4 is 0 Å². The van der Waals surface area contributed by atoms with E-state index in [1.165, 1.54) is 12.0 Å². The van der Waals surface area contributed by atoms with Crippen LogP contribution in [-0.4, -0.2) is 6.29 Å². The highest BCUT2D eigenvalue weighted by Crippen LogP contribution is 2.09. The second-order valence-electron chi connectivity index (χ2n) is 3.79. The molecular formula is C12H16O. The van der Waals surface area contributed by atoms with Crippen LogP contribution in [0.5, 0.6) is 0 Å². The fraction of sp³-hybridized carbons (Fsp3) is 0.417. The van der Waals surface area contributed by atoms with Gasteiger partial charge < -0.3 is 0 Å². The van der Waals surface area contributed by atoms with Crippen molar-refractivity contribution in [3.63, 3.8) is 0 Å². The molecule has 0 saturated carbocycles. The molecule has 0 aliphatic rings. The topological polar surface area (TPSA) is 17.1 Å². The molecular weight excluding hydrogens is 160 g/mol. The molecule has 0 radical (unpaired) electrons. The van der Waals surface area contributed by atoms with Crippen LogP contribution in [0, 0.1) is 5.92 Å². The molecule has 1 rings (SSSR count). The lowest BCUT2D eigenvalue weighted by Crippen LogP contribution is -1.92. The minimum Gasteiger partial charge on any atom is -0.298 e. The van der Waals surface area contributed by atoms with E-state index in [0.29, 0.717) is 0 Å². The monoisotopic (exact) mass is 176 g/mol. The number of carbonyl (C=O) groups excluding carboxylic acids is 1. The Labute approximate surface area is 79.8 Å². The standard InChI is InChI=1S/C12H16O/c1-10(2)3-4-11-5-7-12(9-13)8-6-11/h5-10H,3-4H2,1-2H3. The minimum absolute atomic E-state index is 0.741. The Morgan fingerprint density at radius 2 is 1.85 bits per heavy atom. The summed E-state index contributed by atoms with van der Waals surface area (Å²) in [6.45, 7) is 4.44. The van der Waals surface area contributed by atoms with Crippen LogP contribution in [0.4, 0.5) is 0 Å². The Hall–Kier alpha value is -1.11. The van der Waals surface area contributed by atoms with Crippen LogP contribution >= 0.6 is 0 Å². The van der Waals surface area contributed by atoms with Gasteiger partial charge in [0, 0.05) is 5.56 Å². The summed E-state index contributed by atoms with van der Waals surface area (Å²) in [6.07, 6.45) is 3.20. The second kappa shape index (κ2) is 4.80. The van der Waals surface area contributed by atoms with Crippen LogP contribution in [0.15, 0.2) is 24.3 Å². The van der Waals surface area contributed by atoms with Gasteiger partial charge in [-0.05, 0) is 24.3 Å². The molecule has 0 bridgehead atoms. The van der Waals surface area contributed by atoms with E-state index in [0.717, 1.165) is 24.2 Å². The molecule has 0 aromatic heterocycles. The first-order chi connectivity index (χ1) is 6.22. The van der Waals surface area contributed by atoms with Crippen molar-refractivity contribution in [1.82, 2.24) is 0 Å². The highest BCUT2D eigenvalue weighted by molar-refractivity contribution is 5.74. The summed E-state index contributed by atoms with van der Waals surface area (Å²) in [5, 5.41) is 0. The third kappa shape index (κ3) is 3.41. The maximum Gasteiger partial charge on any atom is 0.150 e. The van der Waals surface area contributed by atoms with E-state index in [2.05, 4.69) is 13.8 Å². The number of benzene rings is 1. The second-order valence-corrected chi connectivity index (χ2v) is 3.79. The zero-order chi connectivity index (χ0) is 9.68. The van der Waals surface area contributed by atoms with Gasteiger partial charge in [0.05, 0.1) is 0 Å². The van der Waals surface area contributed by atoms with Crippen LogP contribution in [0.1, 0.15) is 36.2 Å². The van der Waals surface area contributed by atoms with E-state index in [1.807, 2.05) is 24.3 Å². The summed E-state index contributed by atoms with van der Waals surface area (Å²) >= 11 is 0. The molecule has 0 saturated heterocycles. The van der Waals surface area contributed by atoms with Gasteiger partial charge in [-0.25, -0.2) is 0 Å². The van der Waals surface area contributed by atoms with Crippen LogP contribution in [0.25, 0.3) is 0 Å². The molecule has 0 atom stereocenters. The summed E-state index contributed by atoms with van der Waals surface area (Å²) in [6, 6.07) is 7.82. The molecule has 0 heterocycles. The third-order valence-corrected chi connectivity index (χ3v) is 2.13. The highest BCUT2D eigenvalue weighted by Gasteiger charge is 1.96. The molecule has 1 nitrogen and oxygen atoms in total. The van der Waals surface area contributed by atoms with Crippen LogP contribution in [0.3, 0.4) is 0 Å². The van der Waals surface area contributed by atoms with Crippen molar-refractivity contribution in [2.75, 3.05) is 0 Å². The quantitative estimate of drug-likeness (QED) is 0.644.